The third-order valence-electron chi connectivity index (χ3n) is 2.73. The maximum Gasteiger partial charge on any atom is 0.325 e. The van der Waals surface area contributed by atoms with Crippen LogP contribution in [-0.2, 0) is 28.7 Å². The van der Waals surface area contributed by atoms with Crippen molar-refractivity contribution in [3.8, 4) is 0 Å². The van der Waals surface area contributed by atoms with Crippen molar-refractivity contribution in [2.45, 2.75) is 52.0 Å². The molecule has 8 heteroatoms. The lowest BCUT2D eigenvalue weighted by atomic mass is 10.1. The first kappa shape index (κ1) is 20.0. The Labute approximate surface area is 129 Å². The van der Waals surface area contributed by atoms with E-state index < -0.39 is 24.8 Å². The molecule has 126 valence electrons. The number of amides is 1. The Morgan fingerprint density at radius 3 is 2.32 bits per heavy atom. The Hall–Kier alpha value is -1.96. The fourth-order valence-electron chi connectivity index (χ4n) is 1.49. The second kappa shape index (κ2) is 11.7. The molecular weight excluding hydrogens is 292 g/mol. The molecule has 0 radical (unpaired) electrons. The van der Waals surface area contributed by atoms with E-state index in [4.69, 9.17) is 5.73 Å². The normalized spacial score (nSPS) is 11.4. The molecule has 1 atom stereocenters. The number of unbranched alkanes of at least 4 members (excludes halogenated alkanes) is 1. The third kappa shape index (κ3) is 11.8. The van der Waals surface area contributed by atoms with Crippen LogP contribution in [0.2, 0.25) is 0 Å². The lowest BCUT2D eigenvalue weighted by molar-refractivity contribution is -0.166. The second-order valence-corrected chi connectivity index (χ2v) is 4.87. The molecule has 8 nitrogen and oxygen atoms in total. The van der Waals surface area contributed by atoms with Gasteiger partial charge in [-0.25, -0.2) is 0 Å². The number of ketones is 1. The minimum absolute atomic E-state index is 0.0200. The molecule has 0 aliphatic rings. The van der Waals surface area contributed by atoms with Crippen LogP contribution in [0.4, 0.5) is 0 Å². The average Bonchev–Trinajstić information content (AvgIpc) is 2.43. The lowest BCUT2D eigenvalue weighted by Gasteiger charge is -2.11. The number of ether oxygens (including phenoxy) is 2. The molecule has 22 heavy (non-hydrogen) atoms. The molecular formula is C14H24N2O6. The van der Waals surface area contributed by atoms with E-state index in [2.05, 4.69) is 14.8 Å². The van der Waals surface area contributed by atoms with Crippen LogP contribution in [0.25, 0.3) is 0 Å². The van der Waals surface area contributed by atoms with Gasteiger partial charge >= 0.3 is 11.9 Å². The lowest BCUT2D eigenvalue weighted by Crippen LogP contribution is -2.33. The van der Waals surface area contributed by atoms with Crippen molar-refractivity contribution in [3.63, 3.8) is 0 Å². The number of esters is 2. The van der Waals surface area contributed by atoms with E-state index in [-0.39, 0.29) is 24.5 Å². The second-order valence-electron chi connectivity index (χ2n) is 4.87. The van der Waals surface area contributed by atoms with Gasteiger partial charge in [0.2, 0.25) is 12.7 Å². The minimum Gasteiger partial charge on any atom is -0.428 e. The zero-order chi connectivity index (χ0) is 17.0. The molecule has 0 spiro atoms. The maximum atomic E-state index is 11.4. The van der Waals surface area contributed by atoms with Crippen LogP contribution in [0.5, 0.6) is 0 Å². The van der Waals surface area contributed by atoms with E-state index in [1.807, 2.05) is 0 Å². The first-order valence-corrected chi connectivity index (χ1v) is 7.14. The van der Waals surface area contributed by atoms with Crippen molar-refractivity contribution in [2.24, 2.45) is 5.73 Å². The molecule has 0 aliphatic heterocycles. The molecule has 0 bridgehead atoms. The van der Waals surface area contributed by atoms with Crippen molar-refractivity contribution < 1.29 is 28.7 Å². The number of hydrogen-bond acceptors (Lipinski definition) is 7. The summed E-state index contributed by atoms with van der Waals surface area (Å²) in [7, 11) is 0. The molecule has 0 unspecified atom stereocenters. The molecule has 0 fully saturated rings. The molecule has 0 saturated carbocycles. The fraction of sp³-hybridized carbons (Fsp3) is 0.714. The van der Waals surface area contributed by atoms with Gasteiger partial charge in [-0.05, 0) is 26.2 Å². The molecule has 0 aromatic heterocycles. The molecule has 0 saturated heterocycles. The Morgan fingerprint density at radius 2 is 1.73 bits per heavy atom. The Kier molecular flexibility index (Phi) is 10.6. The maximum absolute atomic E-state index is 11.4. The summed E-state index contributed by atoms with van der Waals surface area (Å²) >= 11 is 0. The van der Waals surface area contributed by atoms with Crippen LogP contribution in [0.15, 0.2) is 0 Å². The van der Waals surface area contributed by atoms with Gasteiger partial charge in [-0.1, -0.05) is 0 Å². The first-order chi connectivity index (χ1) is 10.3. The predicted molar refractivity (Wildman–Crippen MR) is 77.5 cm³/mol. The quantitative estimate of drug-likeness (QED) is 0.313. The van der Waals surface area contributed by atoms with Crippen molar-refractivity contribution in [2.75, 3.05) is 13.3 Å². The highest BCUT2D eigenvalue weighted by Crippen LogP contribution is 2.01. The summed E-state index contributed by atoms with van der Waals surface area (Å²) in [4.78, 5) is 43.9. The fourth-order valence-corrected chi connectivity index (χ4v) is 1.49. The van der Waals surface area contributed by atoms with Crippen molar-refractivity contribution in [1.29, 1.82) is 0 Å². The molecule has 3 N–H and O–H groups in total. The molecule has 0 rings (SSSR count). The molecule has 1 amide bonds. The van der Waals surface area contributed by atoms with E-state index in [1.54, 1.807) is 0 Å². The monoisotopic (exact) mass is 316 g/mol. The summed E-state index contributed by atoms with van der Waals surface area (Å²) in [5.41, 5.74) is 5.62. The van der Waals surface area contributed by atoms with Crippen LogP contribution >= 0.6 is 0 Å². The topological polar surface area (TPSA) is 125 Å². The van der Waals surface area contributed by atoms with Gasteiger partial charge in [0.15, 0.2) is 0 Å². The first-order valence-electron chi connectivity index (χ1n) is 7.14. The number of hydrogen-bond donors (Lipinski definition) is 2. The molecule has 0 aromatic carbocycles. The van der Waals surface area contributed by atoms with Crippen LogP contribution < -0.4 is 11.1 Å². The number of Topliss-reactive ketones (excluding diaryl/α,β-unsaturated/α-hetero) is 1. The van der Waals surface area contributed by atoms with Gasteiger partial charge in [-0.15, -0.1) is 0 Å². The van der Waals surface area contributed by atoms with Crippen molar-refractivity contribution in [3.05, 3.63) is 0 Å². The van der Waals surface area contributed by atoms with E-state index in [0.29, 0.717) is 25.8 Å². The summed E-state index contributed by atoms with van der Waals surface area (Å²) in [6, 6.07) is -0.788. The zero-order valence-corrected chi connectivity index (χ0v) is 13.1. The Bertz CT molecular complexity index is 397. The Morgan fingerprint density at radius 1 is 1.05 bits per heavy atom. The smallest absolute Gasteiger partial charge is 0.325 e. The standard InChI is InChI=1S/C14H24N2O6/c1-10(17)6-7-13(19)16-8-4-3-5-12(15)14(20)22-9-21-11(2)18/h12H,3-9,15H2,1-2H3,(H,16,19)/t12-/m0/s1. The van der Waals surface area contributed by atoms with E-state index in [9.17, 15) is 19.2 Å². The van der Waals surface area contributed by atoms with Crippen LogP contribution in [0.3, 0.4) is 0 Å². The Balaban J connectivity index is 3.61. The van der Waals surface area contributed by atoms with E-state index >= 15 is 0 Å². The average molecular weight is 316 g/mol. The van der Waals surface area contributed by atoms with Gasteiger partial charge in [0, 0.05) is 26.3 Å². The molecule has 0 aromatic rings. The van der Waals surface area contributed by atoms with Gasteiger partial charge in [0.05, 0.1) is 0 Å². The highest BCUT2D eigenvalue weighted by molar-refractivity contribution is 5.83. The number of rotatable bonds is 11. The third-order valence-corrected chi connectivity index (χ3v) is 2.73. The summed E-state index contributed by atoms with van der Waals surface area (Å²) < 4.78 is 9.12. The summed E-state index contributed by atoms with van der Waals surface area (Å²) in [5, 5.41) is 2.68. The highest BCUT2D eigenvalue weighted by atomic mass is 16.7. The van der Waals surface area contributed by atoms with Gasteiger partial charge < -0.3 is 25.3 Å². The van der Waals surface area contributed by atoms with Gasteiger partial charge in [0.1, 0.15) is 11.8 Å². The van der Waals surface area contributed by atoms with Gasteiger partial charge in [-0.3, -0.25) is 14.4 Å². The minimum atomic E-state index is -0.788. The highest BCUT2D eigenvalue weighted by Gasteiger charge is 2.14. The van der Waals surface area contributed by atoms with E-state index in [1.165, 1.54) is 13.8 Å². The largest absolute Gasteiger partial charge is 0.428 e. The molecule has 0 heterocycles. The molecule has 0 aliphatic carbocycles. The number of nitrogens with one attached hydrogen (secondary N) is 1. The van der Waals surface area contributed by atoms with Crippen LogP contribution in [0, 0.1) is 0 Å². The van der Waals surface area contributed by atoms with Crippen molar-refractivity contribution in [1.82, 2.24) is 5.32 Å². The SMILES string of the molecule is CC(=O)CCC(=O)NCCCC[C@H](N)C(=O)OCOC(C)=O. The van der Waals surface area contributed by atoms with Crippen molar-refractivity contribution >= 4 is 23.6 Å². The summed E-state index contributed by atoms with van der Waals surface area (Å²) in [6.45, 7) is 2.67. The van der Waals surface area contributed by atoms with E-state index in [0.717, 1.165) is 0 Å². The summed E-state index contributed by atoms with van der Waals surface area (Å²) in [6.07, 6.45) is 2.14. The number of carbonyl (C=O) groups excluding carboxylic acids is 4. The number of nitrogens with two attached hydrogens (primary N) is 1. The predicted octanol–water partition coefficient (Wildman–Crippen LogP) is 0.0332. The van der Waals surface area contributed by atoms with Crippen LogP contribution in [0.1, 0.15) is 46.0 Å². The summed E-state index contributed by atoms with van der Waals surface area (Å²) in [5.74, 6) is -1.36. The zero-order valence-electron chi connectivity index (χ0n) is 13.1. The van der Waals surface area contributed by atoms with Gasteiger partial charge in [-0.2, -0.15) is 0 Å². The van der Waals surface area contributed by atoms with Gasteiger partial charge in [0.25, 0.3) is 0 Å². The van der Waals surface area contributed by atoms with Crippen LogP contribution in [-0.4, -0.2) is 43.0 Å². The number of carbonyl (C=O) groups is 4.